The number of alkyl halides is 12. The predicted molar refractivity (Wildman–Crippen MR) is 406 cm³/mol. The van der Waals surface area contributed by atoms with Gasteiger partial charge in [-0.2, -0.15) is 185 Å². The van der Waals surface area contributed by atoms with Crippen LogP contribution in [0.3, 0.4) is 0 Å². The van der Waals surface area contributed by atoms with Gasteiger partial charge in [0.15, 0.2) is 11.6 Å². The molecule has 12 aromatic carbocycles. The number of hydrogen-bond donors (Lipinski definition) is 2. The summed E-state index contributed by atoms with van der Waals surface area (Å²) >= 11 is 0. The number of aliphatic hydroxyl groups is 2. The van der Waals surface area contributed by atoms with Gasteiger partial charge < -0.3 is 10.2 Å². The molecule has 0 amide bonds. The molecule has 0 aliphatic heterocycles. The van der Waals surface area contributed by atoms with Crippen LogP contribution in [0.1, 0.15) is 62.8 Å². The molecule has 0 spiro atoms. The monoisotopic (exact) mass is 1910 g/mol. The van der Waals surface area contributed by atoms with Gasteiger partial charge >= 0.3 is 24.7 Å². The normalized spacial score (nSPS) is 11.4. The van der Waals surface area contributed by atoms with Gasteiger partial charge in [-0.1, -0.05) is 129 Å². The molecule has 0 unspecified atom stereocenters. The van der Waals surface area contributed by atoms with Gasteiger partial charge in [0.1, 0.15) is 55.7 Å². The number of halogens is 12. The van der Waals surface area contributed by atoms with Gasteiger partial charge in [-0.25, -0.2) is 0 Å². The number of allylic oxidation sites excluding steroid dienone is 4. The van der Waals surface area contributed by atoms with E-state index in [1.807, 2.05) is 194 Å². The average molecular weight is 1910 g/mol. The number of rotatable bonds is 7. The molecule has 16 aromatic rings. The van der Waals surface area contributed by atoms with Crippen LogP contribution < -0.4 is 0 Å². The average Bonchev–Trinajstić information content (AvgIpc) is 1.70. The third-order valence-electron chi connectivity index (χ3n) is 14.4. The number of nitrogens with zero attached hydrogens (tertiary/aromatic N) is 12. The summed E-state index contributed by atoms with van der Waals surface area (Å²) in [5, 5.41) is 63.5. The van der Waals surface area contributed by atoms with Crippen molar-refractivity contribution in [1.29, 1.82) is 0 Å². The molecule has 113 heavy (non-hydrogen) atoms. The fraction of sp³-hybridized carbons (Fsp3) is 0.157. The van der Waals surface area contributed by atoms with E-state index >= 15 is 0 Å². The first-order valence-electron chi connectivity index (χ1n) is 32.9. The third-order valence-corrected chi connectivity index (χ3v) is 14.4. The van der Waals surface area contributed by atoms with Crippen molar-refractivity contribution < 1.29 is 113 Å². The van der Waals surface area contributed by atoms with Crippen molar-refractivity contribution in [2.24, 2.45) is 0 Å². The number of benzene rings is 12. The molecule has 0 bridgehead atoms. The first-order valence-corrected chi connectivity index (χ1v) is 32.9. The Bertz CT molecular complexity index is 5010. The first kappa shape index (κ1) is 91.8. The summed E-state index contributed by atoms with van der Waals surface area (Å²) in [5.41, 5.74) is 10.4. The van der Waals surface area contributed by atoms with E-state index < -0.39 is 36.3 Å². The minimum absolute atomic E-state index is 0. The Balaban J connectivity index is 0.000000237. The molecule has 0 saturated carbocycles. The van der Waals surface area contributed by atoms with Crippen LogP contribution in [0.4, 0.5) is 52.7 Å². The van der Waals surface area contributed by atoms with Gasteiger partial charge in [0.2, 0.25) is 0 Å². The van der Waals surface area contributed by atoms with Crippen LogP contribution in [0.5, 0.6) is 0 Å². The SMILES string of the molecule is C.CC(=O)C(=C(C)O)C(C(C)=O)=C(C)O.CC(F)(F)F.CC(F)(F)F.CC(F)(F)F.CC(F)(F)F.[Ir].[Ir].[c-]1ccc2ccccc2c1-n1nc2ccccc2n1.[c-]1ccc2ccccc2c1-n1nc2ccccc2n1.[c-]1ccc2ccccc2c1-n1nc2ccccc2n1.[c-]1ccc2ccccc2c1-n1nc2ccccc2n1. The molecule has 0 saturated heterocycles. The van der Waals surface area contributed by atoms with Gasteiger partial charge in [0, 0.05) is 67.9 Å². The summed E-state index contributed by atoms with van der Waals surface area (Å²) in [5.74, 6) is -1.44. The number of ketones is 2. The van der Waals surface area contributed by atoms with Crippen LogP contribution in [0.2, 0.25) is 0 Å². The van der Waals surface area contributed by atoms with E-state index in [2.05, 4.69) is 114 Å². The first-order chi connectivity index (χ1) is 51.9. The molecule has 2 N–H and O–H groups in total. The fourth-order valence-corrected chi connectivity index (χ4v) is 10.3. The molecule has 2 radical (unpaired) electrons. The molecule has 16 rings (SSSR count). The van der Waals surface area contributed by atoms with Crippen molar-refractivity contribution in [2.75, 3.05) is 0 Å². The molecule has 592 valence electrons. The Hall–Kier alpha value is -11.8. The van der Waals surface area contributed by atoms with Gasteiger partial charge in [-0.3, -0.25) is 9.59 Å². The van der Waals surface area contributed by atoms with E-state index in [0.29, 0.717) is 0 Å². The largest absolute Gasteiger partial charge is 0.512 e. The minimum atomic E-state index is -4.00. The standard InChI is InChI=1S/4C16H10N3.C10H14O4.4C2H3F3.CH4.2Ir/c4*1-2-8-13-12(6-1)7-5-11-16(13)19-17-14-9-3-4-10-15(14)18-19;1-5(11)9(6(2)12)10(7(3)13)8(4)14;4*1-2(3,4)5;;;/h4*1-10H;11,13H,1-4H3;4*1H3;1H4;;/q4*-1;;;;;;;;. The van der Waals surface area contributed by atoms with E-state index in [1.165, 1.54) is 27.7 Å². The summed E-state index contributed by atoms with van der Waals surface area (Å²) < 4.78 is 124. The second-order valence-corrected chi connectivity index (χ2v) is 23.7. The van der Waals surface area contributed by atoms with Crippen molar-refractivity contribution in [3.63, 3.8) is 0 Å². The second-order valence-electron chi connectivity index (χ2n) is 23.7. The second kappa shape index (κ2) is 41.4. The van der Waals surface area contributed by atoms with Crippen LogP contribution in [0.15, 0.2) is 265 Å². The fourth-order valence-electron chi connectivity index (χ4n) is 10.3. The number of aliphatic hydroxyl groups excluding tert-OH is 2. The Labute approximate surface area is 667 Å². The maximum Gasteiger partial charge on any atom is 0.386 e. The number of fused-ring (bicyclic) bond motifs is 8. The van der Waals surface area contributed by atoms with Crippen LogP contribution in [-0.4, -0.2) is 106 Å². The van der Waals surface area contributed by atoms with Crippen molar-refractivity contribution in [3.05, 3.63) is 290 Å². The van der Waals surface area contributed by atoms with Crippen molar-refractivity contribution >= 4 is 98.8 Å². The summed E-state index contributed by atoms with van der Waals surface area (Å²) in [6.45, 7) is 5.78. The van der Waals surface area contributed by atoms with E-state index in [9.17, 15) is 72.5 Å². The maximum atomic E-state index is 11.1. The summed E-state index contributed by atoms with van der Waals surface area (Å²) in [4.78, 5) is 28.9. The van der Waals surface area contributed by atoms with E-state index in [0.717, 1.165) is 110 Å². The predicted octanol–water partition coefficient (Wildman–Crippen LogP) is 22.2. The Morgan fingerprint density at radius 3 is 0.566 bits per heavy atom. The zero-order chi connectivity index (χ0) is 80.1. The molecule has 30 heteroatoms. The molecular weight excluding hydrogens is 1840 g/mol. The summed E-state index contributed by atoms with van der Waals surface area (Å²) in [7, 11) is 0. The Morgan fingerprint density at radius 1 is 0.283 bits per heavy atom. The molecule has 0 fully saturated rings. The molecule has 16 nitrogen and oxygen atoms in total. The van der Waals surface area contributed by atoms with Crippen LogP contribution in [-0.2, 0) is 49.8 Å². The van der Waals surface area contributed by atoms with Gasteiger partial charge in [0.05, 0.1) is 11.1 Å². The van der Waals surface area contributed by atoms with Crippen molar-refractivity contribution in [1.82, 2.24) is 60.0 Å². The van der Waals surface area contributed by atoms with Crippen LogP contribution >= 0.6 is 0 Å². The number of Topliss-reactive ketones (excluding diaryl/α,β-unsaturated/α-hetero) is 2. The van der Waals surface area contributed by atoms with Crippen molar-refractivity contribution in [3.8, 4) is 22.7 Å². The van der Waals surface area contributed by atoms with Crippen molar-refractivity contribution in [2.45, 2.75) is 87.5 Å². The molecule has 4 aromatic heterocycles. The molecule has 0 aliphatic rings. The van der Waals surface area contributed by atoms with E-state index in [1.54, 1.807) is 19.2 Å². The molecule has 0 atom stereocenters. The number of carbonyl (C=O) groups is 2. The smallest absolute Gasteiger partial charge is 0.386 e. The zero-order valence-electron chi connectivity index (χ0n) is 60.4. The number of hydrogen-bond acceptors (Lipinski definition) is 12. The molecule has 4 heterocycles. The zero-order valence-corrected chi connectivity index (χ0v) is 65.2. The topological polar surface area (TPSA) is 197 Å². The molecule has 0 aliphatic carbocycles. The minimum Gasteiger partial charge on any atom is -0.512 e. The number of aromatic nitrogens is 12. The van der Waals surface area contributed by atoms with Gasteiger partial charge in [-0.15, -0.1) is 67.4 Å². The van der Waals surface area contributed by atoms with Gasteiger partial charge in [-0.05, 0) is 99.0 Å². The van der Waals surface area contributed by atoms with Gasteiger partial charge in [0.25, 0.3) is 0 Å². The van der Waals surface area contributed by atoms with E-state index in [4.69, 9.17) is 0 Å². The van der Waals surface area contributed by atoms with Crippen LogP contribution in [0, 0.1) is 24.3 Å². The Morgan fingerprint density at radius 2 is 0.425 bits per heavy atom. The summed E-state index contributed by atoms with van der Waals surface area (Å²) in [6.07, 6.45) is -16.0. The van der Waals surface area contributed by atoms with Crippen LogP contribution in [0.25, 0.3) is 110 Å². The Kier molecular flexibility index (Phi) is 33.7. The summed E-state index contributed by atoms with van der Waals surface area (Å²) in [6, 6.07) is 92.9. The van der Waals surface area contributed by atoms with E-state index in [-0.39, 0.29) is 98.0 Å². The molecular formula is C83H70F12Ir2N12O4-4. The number of carbonyl (C=O) groups excluding carboxylic acids is 2. The quantitative estimate of drug-likeness (QED) is 0.0504. The maximum absolute atomic E-state index is 11.1. The third kappa shape index (κ3) is 28.5.